The van der Waals surface area contributed by atoms with Gasteiger partial charge in [0.05, 0.1) is 36.8 Å². The molecule has 214 valence electrons. The predicted octanol–water partition coefficient (Wildman–Crippen LogP) is 2.77. The number of urea groups is 1. The first-order valence-electron chi connectivity index (χ1n) is 12.8. The van der Waals surface area contributed by atoms with Crippen molar-refractivity contribution in [3.8, 4) is 11.5 Å². The van der Waals surface area contributed by atoms with Crippen molar-refractivity contribution in [1.29, 1.82) is 0 Å². The van der Waals surface area contributed by atoms with Crippen LogP contribution in [0.5, 0.6) is 11.5 Å². The molecule has 3 amide bonds. The number of methoxy groups -OCH3 is 1. The quantitative estimate of drug-likeness (QED) is 0.427. The van der Waals surface area contributed by atoms with Gasteiger partial charge in [0, 0.05) is 31.2 Å². The summed E-state index contributed by atoms with van der Waals surface area (Å²) in [4.78, 5) is 29.3. The van der Waals surface area contributed by atoms with Crippen LogP contribution < -0.4 is 19.5 Å². The summed E-state index contributed by atoms with van der Waals surface area (Å²) >= 11 is 0. The van der Waals surface area contributed by atoms with Crippen molar-refractivity contribution in [3.05, 3.63) is 48.0 Å². The zero-order valence-corrected chi connectivity index (χ0v) is 24.0. The van der Waals surface area contributed by atoms with Gasteiger partial charge in [-0.2, -0.15) is 0 Å². The van der Waals surface area contributed by atoms with Crippen LogP contribution in [0, 0.1) is 5.92 Å². The number of benzene rings is 2. The summed E-state index contributed by atoms with van der Waals surface area (Å²) in [6.07, 6.45) is -0.477. The molecule has 2 aromatic rings. The van der Waals surface area contributed by atoms with Crippen LogP contribution >= 0.6 is 0 Å². The molecule has 0 aliphatic carbocycles. The molecule has 0 radical (unpaired) electrons. The van der Waals surface area contributed by atoms with Gasteiger partial charge in [0.1, 0.15) is 17.6 Å². The minimum absolute atomic E-state index is 0.0322. The lowest BCUT2D eigenvalue weighted by molar-refractivity contribution is 0.0366. The van der Waals surface area contributed by atoms with Gasteiger partial charge in [-0.25, -0.2) is 13.2 Å². The van der Waals surface area contributed by atoms with Crippen LogP contribution in [0.3, 0.4) is 0 Å². The van der Waals surface area contributed by atoms with Gasteiger partial charge in [-0.05, 0) is 63.2 Å². The number of hydrogen-bond acceptors (Lipinski definition) is 7. The van der Waals surface area contributed by atoms with Gasteiger partial charge in [-0.1, -0.05) is 6.92 Å². The second-order valence-electron chi connectivity index (χ2n) is 10.1. The second-order valence-corrected chi connectivity index (χ2v) is 11.8. The molecule has 3 rings (SSSR count). The zero-order chi connectivity index (χ0) is 28.9. The number of fused-ring (bicyclic) bond motifs is 1. The monoisotopic (exact) mass is 562 g/mol. The summed E-state index contributed by atoms with van der Waals surface area (Å²) in [7, 11) is -0.791. The maximum atomic E-state index is 13.6. The smallest absolute Gasteiger partial charge is 0.317 e. The average molecular weight is 563 g/mol. The number of sulfonamides is 1. The summed E-state index contributed by atoms with van der Waals surface area (Å²) in [5.41, 5.74) is 0.327. The average Bonchev–Trinajstić information content (AvgIpc) is 2.89. The summed E-state index contributed by atoms with van der Waals surface area (Å²) in [6, 6.07) is 9.65. The SMILES string of the molecule is COc1ccc(S(=O)(=O)Nc2ccc3c(c2)C(=O)N([C@H](C)CO)C[C@H](C)[C@@H](CN(C)C(=O)NC(C)C)O3)cc1. The highest BCUT2D eigenvalue weighted by atomic mass is 32.2. The van der Waals surface area contributed by atoms with Crippen LogP contribution in [-0.2, 0) is 10.0 Å². The minimum atomic E-state index is -3.95. The van der Waals surface area contributed by atoms with Gasteiger partial charge in [-0.15, -0.1) is 0 Å². The molecule has 12 heteroatoms. The number of likely N-dealkylation sites (N-methyl/N-ethyl adjacent to an activating group) is 1. The van der Waals surface area contributed by atoms with Crippen LogP contribution in [0.1, 0.15) is 38.1 Å². The van der Waals surface area contributed by atoms with Crippen molar-refractivity contribution in [2.45, 2.75) is 50.8 Å². The van der Waals surface area contributed by atoms with E-state index in [0.717, 1.165) is 0 Å². The van der Waals surface area contributed by atoms with Gasteiger partial charge in [0.25, 0.3) is 15.9 Å². The lowest BCUT2D eigenvalue weighted by Crippen LogP contribution is -2.51. The fourth-order valence-corrected chi connectivity index (χ4v) is 5.23. The number of aliphatic hydroxyl groups is 1. The van der Waals surface area contributed by atoms with E-state index in [-0.39, 0.29) is 59.6 Å². The maximum Gasteiger partial charge on any atom is 0.317 e. The van der Waals surface area contributed by atoms with Crippen LogP contribution in [-0.4, -0.2) is 87.3 Å². The highest BCUT2D eigenvalue weighted by Gasteiger charge is 2.34. The molecule has 0 spiro atoms. The minimum Gasteiger partial charge on any atom is -0.497 e. The van der Waals surface area contributed by atoms with Gasteiger partial charge in [0.15, 0.2) is 0 Å². The van der Waals surface area contributed by atoms with Gasteiger partial charge < -0.3 is 29.7 Å². The number of carbonyl (C=O) groups is 2. The fourth-order valence-electron chi connectivity index (χ4n) is 4.18. The predicted molar refractivity (Wildman–Crippen MR) is 148 cm³/mol. The Labute approximate surface area is 230 Å². The first-order valence-corrected chi connectivity index (χ1v) is 14.3. The number of anilines is 1. The summed E-state index contributed by atoms with van der Waals surface area (Å²) in [5, 5.41) is 12.7. The number of nitrogens with zero attached hydrogens (tertiary/aromatic N) is 2. The molecule has 0 saturated carbocycles. The van der Waals surface area contributed by atoms with Crippen molar-refractivity contribution in [2.24, 2.45) is 5.92 Å². The van der Waals surface area contributed by atoms with E-state index in [1.165, 1.54) is 36.3 Å². The molecule has 3 N–H and O–H groups in total. The Morgan fingerprint density at radius 2 is 1.87 bits per heavy atom. The Kier molecular flexibility index (Phi) is 9.68. The largest absolute Gasteiger partial charge is 0.497 e. The number of hydrogen-bond donors (Lipinski definition) is 3. The molecule has 0 fully saturated rings. The number of carbonyl (C=O) groups excluding carboxylic acids is 2. The molecule has 0 saturated heterocycles. The van der Waals surface area contributed by atoms with Crippen molar-refractivity contribution < 1.29 is 32.6 Å². The Morgan fingerprint density at radius 3 is 2.46 bits per heavy atom. The lowest BCUT2D eigenvalue weighted by Gasteiger charge is -2.38. The normalized spacial score (nSPS) is 18.4. The fraction of sp³-hybridized carbons (Fsp3) is 0.481. The molecular formula is C27H38N4O7S. The van der Waals surface area contributed by atoms with E-state index in [9.17, 15) is 23.1 Å². The Balaban J connectivity index is 1.95. The van der Waals surface area contributed by atoms with E-state index >= 15 is 0 Å². The molecule has 0 unspecified atom stereocenters. The van der Waals surface area contributed by atoms with Crippen LogP contribution in [0.25, 0.3) is 0 Å². The number of aliphatic hydroxyl groups excluding tert-OH is 1. The highest BCUT2D eigenvalue weighted by molar-refractivity contribution is 7.92. The second kappa shape index (κ2) is 12.6. The zero-order valence-electron chi connectivity index (χ0n) is 23.2. The molecule has 3 atom stereocenters. The molecule has 1 aliphatic rings. The molecule has 11 nitrogen and oxygen atoms in total. The van der Waals surface area contributed by atoms with E-state index in [4.69, 9.17) is 9.47 Å². The first kappa shape index (κ1) is 30.0. The van der Waals surface area contributed by atoms with Gasteiger partial charge in [-0.3, -0.25) is 9.52 Å². The molecule has 39 heavy (non-hydrogen) atoms. The van der Waals surface area contributed by atoms with Crippen molar-refractivity contribution in [3.63, 3.8) is 0 Å². The first-order chi connectivity index (χ1) is 18.4. The highest BCUT2D eigenvalue weighted by Crippen LogP contribution is 2.31. The molecule has 0 aromatic heterocycles. The van der Waals surface area contributed by atoms with Crippen LogP contribution in [0.2, 0.25) is 0 Å². The van der Waals surface area contributed by atoms with E-state index in [2.05, 4.69) is 10.0 Å². The Bertz CT molecular complexity index is 1270. The third-order valence-electron chi connectivity index (χ3n) is 6.50. The van der Waals surface area contributed by atoms with E-state index < -0.39 is 28.1 Å². The number of ether oxygens (including phenoxy) is 2. The van der Waals surface area contributed by atoms with Crippen molar-refractivity contribution in [2.75, 3.05) is 38.6 Å². The van der Waals surface area contributed by atoms with Crippen molar-refractivity contribution in [1.82, 2.24) is 15.1 Å². The third kappa shape index (κ3) is 7.33. The maximum absolute atomic E-state index is 13.6. The Morgan fingerprint density at radius 1 is 1.21 bits per heavy atom. The molecule has 0 bridgehead atoms. The number of rotatable bonds is 9. The van der Waals surface area contributed by atoms with Crippen LogP contribution in [0.15, 0.2) is 47.4 Å². The Hall–Kier alpha value is -3.51. The summed E-state index contributed by atoms with van der Waals surface area (Å²) in [5.74, 6) is 0.204. The number of nitrogens with one attached hydrogen (secondary N) is 2. The summed E-state index contributed by atoms with van der Waals surface area (Å²) < 4.78 is 39.9. The third-order valence-corrected chi connectivity index (χ3v) is 7.90. The molecular weight excluding hydrogens is 524 g/mol. The summed E-state index contributed by atoms with van der Waals surface area (Å²) in [6.45, 7) is 7.67. The van der Waals surface area contributed by atoms with E-state index in [1.807, 2.05) is 20.8 Å². The van der Waals surface area contributed by atoms with E-state index in [0.29, 0.717) is 5.75 Å². The molecule has 1 heterocycles. The molecule has 2 aromatic carbocycles. The lowest BCUT2D eigenvalue weighted by atomic mass is 9.99. The van der Waals surface area contributed by atoms with E-state index in [1.54, 1.807) is 37.1 Å². The number of amides is 3. The molecule has 1 aliphatic heterocycles. The van der Waals surface area contributed by atoms with Gasteiger partial charge in [0.2, 0.25) is 0 Å². The van der Waals surface area contributed by atoms with Gasteiger partial charge >= 0.3 is 6.03 Å². The van der Waals surface area contributed by atoms with Crippen LogP contribution in [0.4, 0.5) is 10.5 Å². The standard InChI is InChI=1S/C27H38N4O7S/c1-17(2)28-27(34)30(5)15-25-18(3)14-31(19(4)16-32)26(33)23-13-20(7-12-24(23)38-25)29-39(35,36)22-10-8-21(37-6)9-11-22/h7-13,17-19,25,29,32H,14-16H2,1-6H3,(H,28,34)/t18-,19+,25+/m0/s1. The topological polar surface area (TPSA) is 138 Å². The van der Waals surface area contributed by atoms with Crippen molar-refractivity contribution >= 4 is 27.6 Å².